The largest absolute Gasteiger partial charge is 0.517 e. The summed E-state index contributed by atoms with van der Waals surface area (Å²) in [4.78, 5) is 0. The van der Waals surface area contributed by atoms with Gasteiger partial charge in [0, 0.05) is 19.0 Å². The summed E-state index contributed by atoms with van der Waals surface area (Å²) in [6, 6.07) is -1.52. The summed E-state index contributed by atoms with van der Waals surface area (Å²) in [5.74, 6) is -57.2. The smallest absolute Gasteiger partial charge is 0.460 e. The van der Waals surface area contributed by atoms with Crippen molar-refractivity contribution in [2.24, 2.45) is 0 Å². The predicted octanol–water partition coefficient (Wildman–Crippen LogP) is 8.56. The van der Waals surface area contributed by atoms with Gasteiger partial charge in [0.25, 0.3) is 0 Å². The number of hydrogen-bond donors (Lipinski definition) is 0. The summed E-state index contributed by atoms with van der Waals surface area (Å²) in [6.07, 6.45) is -10.4. The Hall–Kier alpha value is -1.89. The van der Waals surface area contributed by atoms with Gasteiger partial charge in [0.05, 0.1) is 11.5 Å². The number of alkyl halides is 17. The lowest BCUT2D eigenvalue weighted by Gasteiger charge is -2.43. The lowest BCUT2D eigenvalue weighted by Crippen LogP contribution is -2.74. The van der Waals surface area contributed by atoms with Gasteiger partial charge in [0.1, 0.15) is 0 Å². The number of allylic oxidation sites excluding steroid dienone is 2. The fraction of sp³-hybridized carbons (Fsp3) is 0.765. The van der Waals surface area contributed by atoms with E-state index in [4.69, 9.17) is 8.85 Å². The van der Waals surface area contributed by atoms with E-state index in [0.717, 1.165) is 20.4 Å². The third kappa shape index (κ3) is 5.76. The van der Waals surface area contributed by atoms with Gasteiger partial charge < -0.3 is 8.85 Å². The van der Waals surface area contributed by atoms with Gasteiger partial charge >= 0.3 is 56.2 Å². The highest BCUT2D eigenvalue weighted by Crippen LogP contribution is 2.64. The normalized spacial score (nSPS) is 15.5. The fourth-order valence-corrected chi connectivity index (χ4v) is 5.09. The van der Waals surface area contributed by atoms with Crippen molar-refractivity contribution in [1.29, 1.82) is 0 Å². The zero-order valence-corrected chi connectivity index (χ0v) is 19.6. The SMILES string of the molecule is C=C(C)O[Si](C)(CCC(F)(F)C(F)(F)C(F)(F)C(F)(F)C(F)(F)C(F)(F)C(F)(F)C(F)(F)F)OC(=C)C. The van der Waals surface area contributed by atoms with Gasteiger partial charge in [-0.3, -0.25) is 0 Å². The summed E-state index contributed by atoms with van der Waals surface area (Å²) in [6.45, 7) is 9.25. The van der Waals surface area contributed by atoms with Crippen molar-refractivity contribution in [2.75, 3.05) is 0 Å². The van der Waals surface area contributed by atoms with Gasteiger partial charge in [-0.1, -0.05) is 13.2 Å². The highest BCUT2D eigenvalue weighted by atomic mass is 28.4. The average molecular weight is 604 g/mol. The number of halogens is 17. The summed E-state index contributed by atoms with van der Waals surface area (Å²) < 4.78 is 236. The van der Waals surface area contributed by atoms with E-state index >= 15 is 0 Å². The molecular weight excluding hydrogens is 587 g/mol. The Labute approximate surface area is 198 Å². The standard InChI is InChI=1S/C17H17F17O2Si/c1-8(2)35-37(5,36-9(3)4)7-6-10(18,19)11(20,21)12(22,23)13(24,25)14(26,27)15(28,29)16(30,31)17(32,33)34/h1,3,6-7H2,2,4-5H3. The van der Waals surface area contributed by atoms with Crippen LogP contribution in [0.4, 0.5) is 74.6 Å². The highest BCUT2D eigenvalue weighted by molar-refractivity contribution is 6.66. The van der Waals surface area contributed by atoms with E-state index in [1.165, 1.54) is 0 Å². The second-order valence-electron chi connectivity index (χ2n) is 7.89. The minimum Gasteiger partial charge on any atom is -0.517 e. The Balaban J connectivity index is 6.57. The molecule has 0 unspecified atom stereocenters. The van der Waals surface area contributed by atoms with Crippen LogP contribution >= 0.6 is 0 Å². The first-order valence-corrected chi connectivity index (χ1v) is 11.7. The van der Waals surface area contributed by atoms with E-state index in [0.29, 0.717) is 0 Å². The summed E-state index contributed by atoms with van der Waals surface area (Å²) in [5, 5.41) is 0. The third-order valence-corrected chi connectivity index (χ3v) is 7.18. The van der Waals surface area contributed by atoms with Crippen LogP contribution in [0.3, 0.4) is 0 Å². The van der Waals surface area contributed by atoms with Gasteiger partial charge in [-0.25, -0.2) is 0 Å². The Kier molecular flexibility index (Phi) is 9.20. The molecule has 0 aliphatic rings. The van der Waals surface area contributed by atoms with E-state index in [1.54, 1.807) is 0 Å². The second kappa shape index (κ2) is 9.69. The van der Waals surface area contributed by atoms with Gasteiger partial charge in [0.2, 0.25) is 0 Å². The summed E-state index contributed by atoms with van der Waals surface area (Å²) >= 11 is 0. The first-order valence-electron chi connectivity index (χ1n) is 9.19. The van der Waals surface area contributed by atoms with Crippen molar-refractivity contribution in [3.8, 4) is 0 Å². The molecule has 0 aliphatic heterocycles. The van der Waals surface area contributed by atoms with Gasteiger partial charge in [-0.05, 0) is 13.8 Å². The quantitative estimate of drug-likeness (QED) is 0.119. The summed E-state index contributed by atoms with van der Waals surface area (Å²) in [5.41, 5.74) is 0. The molecule has 2 nitrogen and oxygen atoms in total. The van der Waals surface area contributed by atoms with Crippen LogP contribution in [0.15, 0.2) is 24.7 Å². The maximum atomic E-state index is 14.1. The number of hydrogen-bond acceptors (Lipinski definition) is 2. The van der Waals surface area contributed by atoms with Crippen molar-refractivity contribution in [3.05, 3.63) is 24.7 Å². The molecule has 0 heterocycles. The van der Waals surface area contributed by atoms with Crippen LogP contribution < -0.4 is 0 Å². The molecular formula is C17H17F17O2Si. The molecule has 0 atom stereocenters. The first kappa shape index (κ1) is 35.1. The summed E-state index contributed by atoms with van der Waals surface area (Å²) in [7, 11) is -4.22. The number of rotatable bonds is 13. The minimum atomic E-state index is -8.66. The maximum Gasteiger partial charge on any atom is 0.460 e. The van der Waals surface area contributed by atoms with Crippen molar-refractivity contribution in [2.45, 2.75) is 80.5 Å². The predicted molar refractivity (Wildman–Crippen MR) is 93.5 cm³/mol. The van der Waals surface area contributed by atoms with E-state index in [1.807, 2.05) is 0 Å². The van der Waals surface area contributed by atoms with E-state index in [2.05, 4.69) is 13.2 Å². The third-order valence-electron chi connectivity index (χ3n) is 4.46. The molecule has 37 heavy (non-hydrogen) atoms. The zero-order valence-electron chi connectivity index (χ0n) is 18.6. The van der Waals surface area contributed by atoms with Crippen LogP contribution in [-0.4, -0.2) is 56.2 Å². The van der Waals surface area contributed by atoms with Gasteiger partial charge in [0.15, 0.2) is 0 Å². The maximum absolute atomic E-state index is 14.1. The molecule has 0 spiro atoms. The topological polar surface area (TPSA) is 18.5 Å². The lowest BCUT2D eigenvalue weighted by atomic mass is 9.88. The van der Waals surface area contributed by atoms with Gasteiger partial charge in [-0.15, -0.1) is 0 Å². The zero-order chi connectivity index (χ0) is 30.5. The lowest BCUT2D eigenvalue weighted by molar-refractivity contribution is -0.461. The van der Waals surface area contributed by atoms with E-state index in [-0.39, 0.29) is 11.5 Å². The molecule has 0 N–H and O–H groups in total. The molecule has 0 radical (unpaired) electrons. The van der Waals surface area contributed by atoms with Crippen molar-refractivity contribution in [3.63, 3.8) is 0 Å². The Morgan fingerprint density at radius 3 is 1.08 bits per heavy atom. The average Bonchev–Trinajstić information content (AvgIpc) is 2.63. The van der Waals surface area contributed by atoms with Crippen molar-refractivity contribution in [1.82, 2.24) is 0 Å². The minimum absolute atomic E-state index is 0.324. The van der Waals surface area contributed by atoms with Crippen LogP contribution in [0, 0.1) is 0 Å². The molecule has 0 saturated carbocycles. The highest BCUT2D eigenvalue weighted by Gasteiger charge is 2.95. The molecule has 0 aliphatic carbocycles. The van der Waals surface area contributed by atoms with Gasteiger partial charge in [-0.2, -0.15) is 74.6 Å². The van der Waals surface area contributed by atoms with Crippen LogP contribution in [0.1, 0.15) is 20.3 Å². The second-order valence-corrected chi connectivity index (χ2v) is 11.1. The Morgan fingerprint density at radius 1 is 0.541 bits per heavy atom. The molecule has 0 aromatic heterocycles. The molecule has 0 fully saturated rings. The molecule has 0 rings (SSSR count). The van der Waals surface area contributed by atoms with E-state index < -0.39 is 68.7 Å². The van der Waals surface area contributed by atoms with E-state index in [9.17, 15) is 74.6 Å². The molecule has 0 aromatic rings. The molecule has 20 heteroatoms. The fourth-order valence-electron chi connectivity index (χ4n) is 2.60. The monoisotopic (exact) mass is 604 g/mol. The molecule has 0 bridgehead atoms. The Morgan fingerprint density at radius 2 is 0.811 bits per heavy atom. The Bertz CT molecular complexity index is 846. The molecule has 0 saturated heterocycles. The van der Waals surface area contributed by atoms with Crippen LogP contribution in [0.25, 0.3) is 0 Å². The first-order chi connectivity index (χ1) is 15.8. The molecule has 220 valence electrons. The van der Waals surface area contributed by atoms with Crippen LogP contribution in [0.5, 0.6) is 0 Å². The van der Waals surface area contributed by atoms with Crippen molar-refractivity contribution < 1.29 is 83.5 Å². The van der Waals surface area contributed by atoms with Crippen LogP contribution in [-0.2, 0) is 8.85 Å². The van der Waals surface area contributed by atoms with Crippen molar-refractivity contribution >= 4 is 8.56 Å². The molecule has 0 amide bonds. The molecule has 0 aromatic carbocycles. The van der Waals surface area contributed by atoms with Crippen LogP contribution in [0.2, 0.25) is 12.6 Å².